The van der Waals surface area contributed by atoms with Crippen molar-refractivity contribution < 1.29 is 9.53 Å². The molecule has 1 aromatic carbocycles. The van der Waals surface area contributed by atoms with E-state index in [0.717, 1.165) is 16.6 Å². The highest BCUT2D eigenvalue weighted by atomic mass is 16.5. The molecule has 1 saturated heterocycles. The molecular formula is C16H18N6O2. The quantitative estimate of drug-likeness (QED) is 0.774. The average molecular weight is 326 g/mol. The summed E-state index contributed by atoms with van der Waals surface area (Å²) in [7, 11) is 3.48. The van der Waals surface area contributed by atoms with Gasteiger partial charge >= 0.3 is 0 Å². The van der Waals surface area contributed by atoms with Crippen LogP contribution in [0.15, 0.2) is 30.5 Å². The van der Waals surface area contributed by atoms with Crippen LogP contribution in [0, 0.1) is 0 Å². The molecule has 0 bridgehead atoms. The fourth-order valence-electron chi connectivity index (χ4n) is 3.27. The van der Waals surface area contributed by atoms with Crippen LogP contribution in [-0.2, 0) is 11.8 Å². The summed E-state index contributed by atoms with van der Waals surface area (Å²) in [6.07, 6.45) is 1.77. The van der Waals surface area contributed by atoms with Gasteiger partial charge in [-0.3, -0.25) is 14.6 Å². The van der Waals surface area contributed by atoms with Gasteiger partial charge in [0, 0.05) is 38.8 Å². The van der Waals surface area contributed by atoms with Crippen LogP contribution in [0.5, 0.6) is 0 Å². The van der Waals surface area contributed by atoms with E-state index in [1.807, 2.05) is 37.5 Å². The van der Waals surface area contributed by atoms with Crippen molar-refractivity contribution in [3.63, 3.8) is 0 Å². The third-order valence-electron chi connectivity index (χ3n) is 4.53. The van der Waals surface area contributed by atoms with E-state index < -0.39 is 0 Å². The van der Waals surface area contributed by atoms with Crippen LogP contribution in [0.2, 0.25) is 0 Å². The van der Waals surface area contributed by atoms with Gasteiger partial charge in [0.05, 0.1) is 23.2 Å². The number of aromatic amines is 1. The number of nitrogens with one attached hydrogen (secondary N) is 1. The van der Waals surface area contributed by atoms with Crippen LogP contribution in [0.1, 0.15) is 22.1 Å². The average Bonchev–Trinajstić information content (AvgIpc) is 3.31. The van der Waals surface area contributed by atoms with Crippen LogP contribution in [-0.4, -0.2) is 62.3 Å². The molecule has 1 amide bonds. The highest BCUT2D eigenvalue weighted by molar-refractivity contribution is 6.04. The van der Waals surface area contributed by atoms with E-state index in [2.05, 4.69) is 20.5 Å². The number of ether oxygens (including phenoxy) is 1. The van der Waals surface area contributed by atoms with Gasteiger partial charge in [-0.15, -0.1) is 5.10 Å². The number of fused-ring (bicyclic) bond motifs is 1. The van der Waals surface area contributed by atoms with Crippen LogP contribution in [0.4, 0.5) is 0 Å². The SMILES string of the molecule is CO[C@@H]1CN(C(=O)c2n[nH]c3ccccc23)C[C@H]1c1cn(C)nn1. The predicted octanol–water partition coefficient (Wildman–Crippen LogP) is 0.946. The van der Waals surface area contributed by atoms with Crippen LogP contribution >= 0.6 is 0 Å². The minimum absolute atomic E-state index is 0.0119. The lowest BCUT2D eigenvalue weighted by Gasteiger charge is -2.14. The molecule has 3 heterocycles. The molecule has 1 aliphatic rings. The minimum Gasteiger partial charge on any atom is -0.379 e. The summed E-state index contributed by atoms with van der Waals surface area (Å²) in [6.45, 7) is 1.05. The Morgan fingerprint density at radius 1 is 1.33 bits per heavy atom. The van der Waals surface area contributed by atoms with Gasteiger partial charge in [0.15, 0.2) is 5.69 Å². The molecule has 0 unspecified atom stereocenters. The molecular weight excluding hydrogens is 308 g/mol. The largest absolute Gasteiger partial charge is 0.379 e. The molecule has 8 nitrogen and oxygen atoms in total. The molecule has 2 atom stereocenters. The molecule has 4 rings (SSSR count). The number of carbonyl (C=O) groups excluding carboxylic acids is 1. The lowest BCUT2D eigenvalue weighted by Crippen LogP contribution is -2.30. The second kappa shape index (κ2) is 5.72. The molecule has 1 aliphatic heterocycles. The molecule has 0 aliphatic carbocycles. The van der Waals surface area contributed by atoms with Gasteiger partial charge in [-0.1, -0.05) is 23.4 Å². The van der Waals surface area contributed by atoms with Crippen LogP contribution in [0.3, 0.4) is 0 Å². The van der Waals surface area contributed by atoms with Crippen molar-refractivity contribution in [2.75, 3.05) is 20.2 Å². The van der Waals surface area contributed by atoms with Crippen molar-refractivity contribution in [3.05, 3.63) is 41.9 Å². The maximum Gasteiger partial charge on any atom is 0.275 e. The second-order valence-corrected chi connectivity index (χ2v) is 6.03. The van der Waals surface area contributed by atoms with Crippen molar-refractivity contribution in [2.24, 2.45) is 7.05 Å². The minimum atomic E-state index is -0.101. The zero-order chi connectivity index (χ0) is 16.7. The first kappa shape index (κ1) is 14.8. The molecule has 24 heavy (non-hydrogen) atoms. The van der Waals surface area contributed by atoms with E-state index in [1.54, 1.807) is 16.7 Å². The standard InChI is InChI=1S/C16H18N6O2/c1-21-8-13(18-20-21)11-7-22(9-14(11)24-2)16(23)15-10-5-3-4-6-12(10)17-19-15/h3-6,8,11,14H,7,9H2,1-2H3,(H,17,19)/t11-,14+/m0/s1. The van der Waals surface area contributed by atoms with E-state index >= 15 is 0 Å². The highest BCUT2D eigenvalue weighted by Crippen LogP contribution is 2.29. The van der Waals surface area contributed by atoms with Crippen molar-refractivity contribution in [1.82, 2.24) is 30.1 Å². The number of benzene rings is 1. The number of H-pyrrole nitrogens is 1. The number of hydrogen-bond acceptors (Lipinski definition) is 5. The summed E-state index contributed by atoms with van der Waals surface area (Å²) in [5, 5.41) is 16.1. The van der Waals surface area contributed by atoms with Gasteiger partial charge in [0.2, 0.25) is 0 Å². The number of methoxy groups -OCH3 is 1. The molecule has 2 aromatic heterocycles. The number of amides is 1. The number of rotatable bonds is 3. The molecule has 124 valence electrons. The molecule has 0 saturated carbocycles. The Bertz CT molecular complexity index is 885. The van der Waals surface area contributed by atoms with Gasteiger partial charge < -0.3 is 9.64 Å². The Morgan fingerprint density at radius 3 is 2.92 bits per heavy atom. The summed E-state index contributed by atoms with van der Waals surface area (Å²) in [5.74, 6) is -0.0845. The van der Waals surface area contributed by atoms with E-state index in [0.29, 0.717) is 18.8 Å². The Morgan fingerprint density at radius 2 is 2.17 bits per heavy atom. The number of aromatic nitrogens is 5. The first-order valence-electron chi connectivity index (χ1n) is 7.78. The summed E-state index contributed by atoms with van der Waals surface area (Å²) in [6, 6.07) is 7.62. The summed E-state index contributed by atoms with van der Waals surface area (Å²) in [4.78, 5) is 14.7. The van der Waals surface area contributed by atoms with E-state index in [9.17, 15) is 4.79 Å². The number of carbonyl (C=O) groups is 1. The van der Waals surface area contributed by atoms with Crippen molar-refractivity contribution >= 4 is 16.8 Å². The molecule has 1 N–H and O–H groups in total. The first-order valence-corrected chi connectivity index (χ1v) is 7.78. The third kappa shape index (κ3) is 2.35. The maximum atomic E-state index is 12.9. The van der Waals surface area contributed by atoms with Crippen LogP contribution < -0.4 is 0 Å². The van der Waals surface area contributed by atoms with Gasteiger partial charge in [-0.05, 0) is 6.07 Å². The van der Waals surface area contributed by atoms with Gasteiger partial charge in [0.1, 0.15) is 0 Å². The molecule has 3 aromatic rings. The van der Waals surface area contributed by atoms with Crippen molar-refractivity contribution in [1.29, 1.82) is 0 Å². The highest BCUT2D eigenvalue weighted by Gasteiger charge is 2.39. The normalized spacial score (nSPS) is 20.8. The Kier molecular flexibility index (Phi) is 3.53. The monoisotopic (exact) mass is 326 g/mol. The van der Waals surface area contributed by atoms with E-state index in [1.165, 1.54) is 0 Å². The summed E-state index contributed by atoms with van der Waals surface area (Å²) >= 11 is 0. The molecule has 0 spiro atoms. The van der Waals surface area contributed by atoms with Crippen LogP contribution in [0.25, 0.3) is 10.9 Å². The topological polar surface area (TPSA) is 88.9 Å². The molecule has 8 heteroatoms. The number of likely N-dealkylation sites (tertiary alicyclic amines) is 1. The molecule has 1 fully saturated rings. The zero-order valence-corrected chi connectivity index (χ0v) is 13.5. The summed E-state index contributed by atoms with van der Waals surface area (Å²) < 4.78 is 7.23. The molecule has 0 radical (unpaired) electrons. The summed E-state index contributed by atoms with van der Waals surface area (Å²) in [5.41, 5.74) is 2.14. The van der Waals surface area contributed by atoms with Gasteiger partial charge in [-0.25, -0.2) is 0 Å². The van der Waals surface area contributed by atoms with Gasteiger partial charge in [-0.2, -0.15) is 5.10 Å². The smallest absolute Gasteiger partial charge is 0.275 e. The van der Waals surface area contributed by atoms with E-state index in [-0.39, 0.29) is 17.9 Å². The Hall–Kier alpha value is -2.74. The fraction of sp³-hybridized carbons (Fsp3) is 0.375. The number of hydrogen-bond donors (Lipinski definition) is 1. The first-order chi connectivity index (χ1) is 11.7. The Balaban J connectivity index is 1.61. The second-order valence-electron chi connectivity index (χ2n) is 6.03. The van der Waals surface area contributed by atoms with E-state index in [4.69, 9.17) is 4.74 Å². The van der Waals surface area contributed by atoms with Crippen molar-refractivity contribution in [2.45, 2.75) is 12.0 Å². The van der Waals surface area contributed by atoms with Crippen molar-refractivity contribution in [3.8, 4) is 0 Å². The third-order valence-corrected chi connectivity index (χ3v) is 4.53. The Labute approximate surface area is 138 Å². The lowest BCUT2D eigenvalue weighted by molar-refractivity contribution is 0.0711. The zero-order valence-electron chi connectivity index (χ0n) is 13.5. The fourth-order valence-corrected chi connectivity index (χ4v) is 3.27. The maximum absolute atomic E-state index is 12.9. The lowest BCUT2D eigenvalue weighted by atomic mass is 10.0. The number of para-hydroxylation sites is 1. The number of nitrogens with zero attached hydrogens (tertiary/aromatic N) is 5. The predicted molar refractivity (Wildman–Crippen MR) is 86.5 cm³/mol. The number of aryl methyl sites for hydroxylation is 1. The van der Waals surface area contributed by atoms with Gasteiger partial charge in [0.25, 0.3) is 5.91 Å².